The first kappa shape index (κ1) is 16.9. The summed E-state index contributed by atoms with van der Waals surface area (Å²) in [5, 5.41) is 7.27. The molecule has 1 aliphatic rings. The van der Waals surface area contributed by atoms with Gasteiger partial charge in [0, 0.05) is 28.4 Å². The van der Waals surface area contributed by atoms with Crippen LogP contribution < -0.4 is 5.32 Å². The van der Waals surface area contributed by atoms with Gasteiger partial charge >= 0.3 is 0 Å². The summed E-state index contributed by atoms with van der Waals surface area (Å²) < 4.78 is 27.9. The first-order valence-corrected chi connectivity index (χ1v) is 8.57. The average molecular weight is 377 g/mol. The highest BCUT2D eigenvalue weighted by Crippen LogP contribution is 2.40. The third-order valence-electron chi connectivity index (χ3n) is 4.44. The molecule has 0 unspecified atom stereocenters. The number of benzene rings is 1. The second-order valence-electron chi connectivity index (χ2n) is 6.35. The van der Waals surface area contributed by atoms with E-state index in [1.54, 1.807) is 25.1 Å². The normalized spacial score (nSPS) is 14.2. The van der Waals surface area contributed by atoms with Crippen LogP contribution in [0.15, 0.2) is 30.3 Å². The van der Waals surface area contributed by atoms with E-state index >= 15 is 0 Å². The highest BCUT2D eigenvalue weighted by molar-refractivity contribution is 6.31. The van der Waals surface area contributed by atoms with E-state index in [4.69, 9.17) is 11.6 Å². The van der Waals surface area contributed by atoms with E-state index in [0.29, 0.717) is 22.0 Å². The number of hydrogen-bond acceptors (Lipinski definition) is 3. The van der Waals surface area contributed by atoms with Gasteiger partial charge in [-0.05, 0) is 43.5 Å². The van der Waals surface area contributed by atoms with Crippen LogP contribution in [0, 0.1) is 6.92 Å². The summed E-state index contributed by atoms with van der Waals surface area (Å²) in [7, 11) is 0. The van der Waals surface area contributed by atoms with E-state index in [2.05, 4.69) is 15.4 Å². The largest absolute Gasteiger partial charge is 0.320 e. The molecule has 1 amide bonds. The number of carbonyl (C=O) groups is 1. The van der Waals surface area contributed by atoms with E-state index in [1.807, 2.05) is 0 Å². The second-order valence-corrected chi connectivity index (χ2v) is 6.75. The monoisotopic (exact) mass is 376 g/mol. The van der Waals surface area contributed by atoms with E-state index in [9.17, 15) is 13.6 Å². The number of hydrogen-bond donors (Lipinski definition) is 1. The number of aromatic nitrogens is 3. The Morgan fingerprint density at radius 3 is 2.81 bits per heavy atom. The number of fused-ring (bicyclic) bond motifs is 1. The lowest BCUT2D eigenvalue weighted by Crippen LogP contribution is -2.14. The second kappa shape index (κ2) is 6.32. The maximum absolute atomic E-state index is 13.4. The van der Waals surface area contributed by atoms with Gasteiger partial charge in [0.25, 0.3) is 12.3 Å². The van der Waals surface area contributed by atoms with Crippen LogP contribution >= 0.6 is 11.6 Å². The molecule has 0 atom stereocenters. The highest BCUT2D eigenvalue weighted by atomic mass is 35.5. The van der Waals surface area contributed by atoms with Gasteiger partial charge in [-0.1, -0.05) is 17.7 Å². The molecule has 2 aromatic heterocycles. The van der Waals surface area contributed by atoms with Crippen LogP contribution in [0.4, 0.5) is 14.5 Å². The van der Waals surface area contributed by atoms with Crippen LogP contribution in [0.1, 0.15) is 52.6 Å². The van der Waals surface area contributed by atoms with E-state index in [0.717, 1.165) is 17.4 Å². The number of rotatable bonds is 4. The molecular weight excluding hydrogens is 362 g/mol. The molecular formula is C18H15ClF2N4O. The fourth-order valence-electron chi connectivity index (χ4n) is 2.80. The average Bonchev–Trinajstić information content (AvgIpc) is 3.36. The molecule has 8 heteroatoms. The van der Waals surface area contributed by atoms with E-state index in [-0.39, 0.29) is 23.0 Å². The van der Waals surface area contributed by atoms with Gasteiger partial charge in [0.15, 0.2) is 11.3 Å². The molecule has 0 spiro atoms. The van der Waals surface area contributed by atoms with Crippen molar-refractivity contribution in [1.82, 2.24) is 14.6 Å². The Labute approximate surface area is 153 Å². The number of nitrogens with one attached hydrogen (secondary N) is 1. The van der Waals surface area contributed by atoms with Crippen LogP contribution in [-0.2, 0) is 0 Å². The van der Waals surface area contributed by atoms with Crippen molar-refractivity contribution in [2.75, 3.05) is 5.32 Å². The number of anilines is 1. The van der Waals surface area contributed by atoms with Gasteiger partial charge in [-0.3, -0.25) is 4.79 Å². The van der Waals surface area contributed by atoms with Crippen molar-refractivity contribution >= 4 is 28.8 Å². The van der Waals surface area contributed by atoms with E-state index < -0.39 is 12.3 Å². The molecule has 1 N–H and O–H groups in total. The Morgan fingerprint density at radius 2 is 2.12 bits per heavy atom. The maximum Gasteiger partial charge on any atom is 0.280 e. The predicted molar refractivity (Wildman–Crippen MR) is 94.1 cm³/mol. The Kier molecular flexibility index (Phi) is 4.11. The lowest BCUT2D eigenvalue weighted by Gasteiger charge is -2.08. The fraction of sp³-hybridized carbons (Fsp3) is 0.278. The summed E-state index contributed by atoms with van der Waals surface area (Å²) in [5.74, 6) is -0.284. The van der Waals surface area contributed by atoms with Gasteiger partial charge in [-0.2, -0.15) is 5.10 Å². The zero-order valence-electron chi connectivity index (χ0n) is 13.8. The Bertz CT molecular complexity index is 1010. The first-order chi connectivity index (χ1) is 12.4. The summed E-state index contributed by atoms with van der Waals surface area (Å²) in [6, 6.07) is 7.95. The number of carbonyl (C=O) groups excluding carboxylic acids is 1. The number of amides is 1. The molecule has 2 heterocycles. The minimum atomic E-state index is -2.70. The van der Waals surface area contributed by atoms with Crippen molar-refractivity contribution in [3.63, 3.8) is 0 Å². The molecule has 0 bridgehead atoms. The molecule has 5 nitrogen and oxygen atoms in total. The quantitative estimate of drug-likeness (QED) is 0.714. The maximum atomic E-state index is 13.4. The molecule has 4 rings (SSSR count). The Morgan fingerprint density at radius 1 is 1.35 bits per heavy atom. The molecule has 0 aliphatic heterocycles. The summed E-state index contributed by atoms with van der Waals surface area (Å²) in [6.07, 6.45) is -0.813. The van der Waals surface area contributed by atoms with Gasteiger partial charge in [0.05, 0.1) is 0 Å². The smallest absolute Gasteiger partial charge is 0.280 e. The molecule has 134 valence electrons. The van der Waals surface area contributed by atoms with Gasteiger partial charge in [0.2, 0.25) is 0 Å². The fourth-order valence-corrected chi connectivity index (χ4v) is 2.98. The summed E-state index contributed by atoms with van der Waals surface area (Å²) >= 11 is 6.05. The topological polar surface area (TPSA) is 59.3 Å². The Hall–Kier alpha value is -2.54. The van der Waals surface area contributed by atoms with Gasteiger partial charge in [0.1, 0.15) is 5.69 Å². The van der Waals surface area contributed by atoms with Crippen molar-refractivity contribution in [3.8, 4) is 0 Å². The number of halogens is 3. The molecule has 0 saturated heterocycles. The van der Waals surface area contributed by atoms with Crippen molar-refractivity contribution in [1.29, 1.82) is 0 Å². The minimum absolute atomic E-state index is 0.0201. The van der Waals surface area contributed by atoms with Gasteiger partial charge < -0.3 is 5.32 Å². The Balaban J connectivity index is 1.71. The van der Waals surface area contributed by atoms with Crippen molar-refractivity contribution in [2.24, 2.45) is 0 Å². The van der Waals surface area contributed by atoms with Gasteiger partial charge in [-0.15, -0.1) is 0 Å². The zero-order valence-corrected chi connectivity index (χ0v) is 14.6. The van der Waals surface area contributed by atoms with Crippen molar-refractivity contribution in [3.05, 3.63) is 58.0 Å². The SMILES string of the molecule is Cc1c(Cl)cccc1NC(=O)c1cc2nc(C3CC3)cc(C(F)F)n2n1. The van der Waals surface area contributed by atoms with Crippen LogP contribution in [0.2, 0.25) is 5.02 Å². The lowest BCUT2D eigenvalue weighted by molar-refractivity contribution is 0.102. The molecule has 1 aliphatic carbocycles. The molecule has 1 fully saturated rings. The molecule has 0 radical (unpaired) electrons. The standard InChI is InChI=1S/C18H15ClF2N4O/c1-9-11(19)3-2-4-12(9)23-18(26)14-8-16-22-13(10-5-6-10)7-15(17(20)21)25(16)24-14/h2-4,7-8,10,17H,5-6H2,1H3,(H,23,26). The van der Waals surface area contributed by atoms with Crippen LogP contribution in [0.25, 0.3) is 5.65 Å². The third kappa shape index (κ3) is 3.03. The molecule has 3 aromatic rings. The summed E-state index contributed by atoms with van der Waals surface area (Å²) in [5.41, 5.74) is 1.90. The predicted octanol–water partition coefficient (Wildman–Crippen LogP) is 4.76. The molecule has 1 aromatic carbocycles. The van der Waals surface area contributed by atoms with Crippen molar-refractivity contribution in [2.45, 2.75) is 32.1 Å². The lowest BCUT2D eigenvalue weighted by atomic mass is 10.2. The van der Waals surface area contributed by atoms with Crippen LogP contribution in [-0.4, -0.2) is 20.5 Å². The zero-order chi connectivity index (χ0) is 18.4. The van der Waals surface area contributed by atoms with Crippen molar-refractivity contribution < 1.29 is 13.6 Å². The molecule has 1 saturated carbocycles. The first-order valence-electron chi connectivity index (χ1n) is 8.19. The third-order valence-corrected chi connectivity index (χ3v) is 4.85. The summed E-state index contributed by atoms with van der Waals surface area (Å²) in [6.45, 7) is 1.78. The number of nitrogens with zero attached hydrogens (tertiary/aromatic N) is 3. The number of alkyl halides is 2. The summed E-state index contributed by atoms with van der Waals surface area (Å²) in [4.78, 5) is 16.9. The molecule has 26 heavy (non-hydrogen) atoms. The van der Waals surface area contributed by atoms with E-state index in [1.165, 1.54) is 12.1 Å². The highest BCUT2D eigenvalue weighted by Gasteiger charge is 2.28. The van der Waals surface area contributed by atoms with Crippen LogP contribution in [0.5, 0.6) is 0 Å². The minimum Gasteiger partial charge on any atom is -0.320 e. The van der Waals surface area contributed by atoms with Crippen LogP contribution in [0.3, 0.4) is 0 Å². The van der Waals surface area contributed by atoms with Gasteiger partial charge in [-0.25, -0.2) is 18.3 Å².